The molecule has 1 aliphatic rings. The van der Waals surface area contributed by atoms with Crippen molar-refractivity contribution in [3.05, 3.63) is 41.4 Å². The second-order valence-electron chi connectivity index (χ2n) is 7.77. The van der Waals surface area contributed by atoms with Gasteiger partial charge in [-0.25, -0.2) is 28.1 Å². The van der Waals surface area contributed by atoms with E-state index in [-0.39, 0.29) is 5.03 Å². The molecule has 10 nitrogen and oxygen atoms in total. The third-order valence-electron chi connectivity index (χ3n) is 5.50. The van der Waals surface area contributed by atoms with Crippen molar-refractivity contribution in [3.8, 4) is 5.82 Å². The molecule has 0 saturated carbocycles. The van der Waals surface area contributed by atoms with E-state index >= 15 is 0 Å². The molecule has 1 fully saturated rings. The van der Waals surface area contributed by atoms with Crippen molar-refractivity contribution >= 4 is 15.8 Å². The minimum absolute atomic E-state index is 0.116. The van der Waals surface area contributed by atoms with Crippen LogP contribution in [0.1, 0.15) is 30.0 Å². The second kappa shape index (κ2) is 8.04. The molecule has 1 saturated heterocycles. The van der Waals surface area contributed by atoms with E-state index in [0.717, 1.165) is 17.2 Å². The van der Waals surface area contributed by atoms with Crippen molar-refractivity contribution in [1.29, 1.82) is 0 Å². The minimum atomic E-state index is -3.61. The maximum absolute atomic E-state index is 13.0. The number of aromatic nitrogens is 6. The lowest BCUT2D eigenvalue weighted by molar-refractivity contribution is 0.382. The van der Waals surface area contributed by atoms with Crippen molar-refractivity contribution < 1.29 is 8.42 Å². The molecule has 11 heteroatoms. The van der Waals surface area contributed by atoms with Crippen LogP contribution in [0, 0.1) is 27.7 Å². The van der Waals surface area contributed by atoms with Crippen LogP contribution in [0.3, 0.4) is 0 Å². The Balaban J connectivity index is 1.53. The van der Waals surface area contributed by atoms with E-state index in [1.807, 2.05) is 51.3 Å². The van der Waals surface area contributed by atoms with Crippen molar-refractivity contribution in [2.45, 2.75) is 46.2 Å². The van der Waals surface area contributed by atoms with E-state index in [2.05, 4.69) is 25.0 Å². The van der Waals surface area contributed by atoms with Gasteiger partial charge < -0.3 is 9.47 Å². The molecular weight excluding hydrogens is 416 g/mol. The molecule has 0 atom stereocenters. The number of hydrogen-bond acceptors (Lipinski definition) is 7. The fraction of sp³-hybridized carbons (Fsp3) is 0.500. The van der Waals surface area contributed by atoms with Crippen LogP contribution in [0.25, 0.3) is 5.82 Å². The summed E-state index contributed by atoms with van der Waals surface area (Å²) in [6.07, 6.45) is 1.62. The molecule has 0 unspecified atom stereocenters. The molecule has 1 aliphatic heterocycles. The SMILES string of the molecule is CCn1cc(S(=O)(=O)N2CCN(c3cc(-n4nc(C)cc4C)nc(C)n3)CC2)nc1C. The lowest BCUT2D eigenvalue weighted by Crippen LogP contribution is -2.49. The van der Waals surface area contributed by atoms with Gasteiger partial charge in [0.2, 0.25) is 0 Å². The first-order valence-corrected chi connectivity index (χ1v) is 11.8. The Morgan fingerprint density at radius 1 is 0.935 bits per heavy atom. The zero-order valence-electron chi connectivity index (χ0n) is 18.6. The summed E-state index contributed by atoms with van der Waals surface area (Å²) in [4.78, 5) is 15.5. The normalized spacial score (nSPS) is 15.6. The van der Waals surface area contributed by atoms with E-state index in [4.69, 9.17) is 0 Å². The van der Waals surface area contributed by atoms with Gasteiger partial charge in [-0.1, -0.05) is 0 Å². The van der Waals surface area contributed by atoms with Crippen LogP contribution < -0.4 is 4.90 Å². The number of sulfonamides is 1. The van der Waals surface area contributed by atoms with E-state index in [1.54, 1.807) is 10.9 Å². The molecule has 166 valence electrons. The molecule has 0 aromatic carbocycles. The van der Waals surface area contributed by atoms with Crippen molar-refractivity contribution in [2.75, 3.05) is 31.1 Å². The standard InChI is InChI=1S/C20H28N8O2S/c1-6-25-13-20(23-17(25)5)31(29,30)27-9-7-26(8-10-27)18-12-19(22-16(4)21-18)28-15(3)11-14(2)24-28/h11-13H,6-10H2,1-5H3. The molecule has 0 spiro atoms. The largest absolute Gasteiger partial charge is 0.354 e. The Morgan fingerprint density at radius 2 is 1.61 bits per heavy atom. The molecule has 31 heavy (non-hydrogen) atoms. The Hall–Kier alpha value is -2.79. The predicted octanol–water partition coefficient (Wildman–Crippen LogP) is 1.62. The number of nitrogens with zero attached hydrogens (tertiary/aromatic N) is 8. The summed E-state index contributed by atoms with van der Waals surface area (Å²) in [5.41, 5.74) is 1.93. The maximum Gasteiger partial charge on any atom is 0.262 e. The van der Waals surface area contributed by atoms with E-state index in [1.165, 1.54) is 4.31 Å². The highest BCUT2D eigenvalue weighted by Crippen LogP contribution is 2.22. The van der Waals surface area contributed by atoms with Crippen LogP contribution >= 0.6 is 0 Å². The number of rotatable bonds is 5. The van der Waals surface area contributed by atoms with Crippen LogP contribution in [0.15, 0.2) is 23.4 Å². The van der Waals surface area contributed by atoms with Crippen molar-refractivity contribution in [1.82, 2.24) is 33.6 Å². The zero-order chi connectivity index (χ0) is 22.3. The molecule has 4 heterocycles. The third kappa shape index (κ3) is 4.07. The van der Waals surface area contributed by atoms with Gasteiger partial charge in [0, 0.05) is 50.7 Å². The number of aryl methyl sites for hydroxylation is 5. The first-order chi connectivity index (χ1) is 14.7. The van der Waals surface area contributed by atoms with Crippen LogP contribution in [0.4, 0.5) is 5.82 Å². The maximum atomic E-state index is 13.0. The van der Waals surface area contributed by atoms with Gasteiger partial charge in [0.15, 0.2) is 10.8 Å². The summed E-state index contributed by atoms with van der Waals surface area (Å²) in [5.74, 6) is 2.84. The first-order valence-electron chi connectivity index (χ1n) is 10.4. The summed E-state index contributed by atoms with van der Waals surface area (Å²) in [7, 11) is -3.61. The summed E-state index contributed by atoms with van der Waals surface area (Å²) in [6, 6.07) is 3.91. The monoisotopic (exact) mass is 444 g/mol. The molecule has 3 aromatic heterocycles. The van der Waals surface area contributed by atoms with Gasteiger partial charge in [-0.15, -0.1) is 0 Å². The topological polar surface area (TPSA) is 102 Å². The van der Waals surface area contributed by atoms with Crippen LogP contribution in [0.2, 0.25) is 0 Å². The van der Waals surface area contributed by atoms with E-state index in [9.17, 15) is 8.42 Å². The molecule has 0 bridgehead atoms. The van der Waals surface area contributed by atoms with Crippen LogP contribution in [-0.4, -0.2) is 68.2 Å². The number of hydrogen-bond donors (Lipinski definition) is 0. The molecule has 4 rings (SSSR count). The van der Waals surface area contributed by atoms with E-state index in [0.29, 0.717) is 50.2 Å². The molecule has 0 radical (unpaired) electrons. The molecule has 3 aromatic rings. The average molecular weight is 445 g/mol. The second-order valence-corrected chi connectivity index (χ2v) is 9.66. The Morgan fingerprint density at radius 3 is 2.19 bits per heavy atom. The first kappa shape index (κ1) is 21.4. The summed E-state index contributed by atoms with van der Waals surface area (Å²) >= 11 is 0. The van der Waals surface area contributed by atoms with E-state index < -0.39 is 10.0 Å². The van der Waals surface area contributed by atoms with Crippen LogP contribution in [-0.2, 0) is 16.6 Å². The Kier molecular flexibility index (Phi) is 5.56. The lowest BCUT2D eigenvalue weighted by Gasteiger charge is -2.34. The summed E-state index contributed by atoms with van der Waals surface area (Å²) in [5, 5.41) is 4.63. The predicted molar refractivity (Wildman–Crippen MR) is 117 cm³/mol. The highest BCUT2D eigenvalue weighted by atomic mass is 32.2. The molecular formula is C20H28N8O2S. The number of piperazine rings is 1. The number of anilines is 1. The fourth-order valence-electron chi connectivity index (χ4n) is 3.88. The van der Waals surface area contributed by atoms with Gasteiger partial charge in [0.1, 0.15) is 17.5 Å². The fourth-order valence-corrected chi connectivity index (χ4v) is 5.30. The highest BCUT2D eigenvalue weighted by Gasteiger charge is 2.31. The highest BCUT2D eigenvalue weighted by molar-refractivity contribution is 7.89. The smallest absolute Gasteiger partial charge is 0.262 e. The average Bonchev–Trinajstić information content (AvgIpc) is 3.29. The number of imidazole rings is 1. The molecule has 0 N–H and O–H groups in total. The van der Waals surface area contributed by atoms with Gasteiger partial charge in [0.25, 0.3) is 10.0 Å². The molecule has 0 aliphatic carbocycles. The lowest BCUT2D eigenvalue weighted by atomic mass is 10.3. The third-order valence-corrected chi connectivity index (χ3v) is 7.27. The van der Waals surface area contributed by atoms with Gasteiger partial charge in [-0.3, -0.25) is 0 Å². The van der Waals surface area contributed by atoms with Crippen molar-refractivity contribution in [2.24, 2.45) is 0 Å². The van der Waals surface area contributed by atoms with Gasteiger partial charge in [-0.05, 0) is 40.7 Å². The quantitative estimate of drug-likeness (QED) is 0.589. The summed E-state index contributed by atoms with van der Waals surface area (Å²) < 4.78 is 31.2. The van der Waals surface area contributed by atoms with Crippen molar-refractivity contribution in [3.63, 3.8) is 0 Å². The molecule has 0 amide bonds. The minimum Gasteiger partial charge on any atom is -0.354 e. The zero-order valence-corrected chi connectivity index (χ0v) is 19.4. The van der Waals surface area contributed by atoms with Crippen LogP contribution in [0.5, 0.6) is 0 Å². The van der Waals surface area contributed by atoms with Gasteiger partial charge in [0.05, 0.1) is 5.69 Å². The van der Waals surface area contributed by atoms with Gasteiger partial charge >= 0.3 is 0 Å². The Labute approximate surface area is 182 Å². The van der Waals surface area contributed by atoms with Gasteiger partial charge in [-0.2, -0.15) is 9.40 Å². The summed E-state index contributed by atoms with van der Waals surface area (Å²) in [6.45, 7) is 12.1. The Bertz CT molecular complexity index is 1210.